The first-order valence-corrected chi connectivity index (χ1v) is 10.7. The zero-order valence-electron chi connectivity index (χ0n) is 17.3. The molecular formula is C25H19N3O4S. The molecule has 0 unspecified atom stereocenters. The number of aromatic carboxylic acids is 1. The molecule has 33 heavy (non-hydrogen) atoms. The number of pyridine rings is 1. The van der Waals surface area contributed by atoms with Crippen molar-refractivity contribution >= 4 is 29.0 Å². The fourth-order valence-corrected chi connectivity index (χ4v) is 4.38. The normalized spacial score (nSPS) is 17.7. The first kappa shape index (κ1) is 20.7. The van der Waals surface area contributed by atoms with Crippen molar-refractivity contribution in [3.8, 4) is 17.1 Å². The maximum absolute atomic E-state index is 11.4. The number of anilines is 1. The van der Waals surface area contributed by atoms with E-state index in [9.17, 15) is 15.0 Å². The van der Waals surface area contributed by atoms with Crippen LogP contribution < -0.4 is 10.2 Å². The second kappa shape index (κ2) is 8.40. The molecule has 8 heteroatoms. The number of carbonyl (C=O) groups is 1. The number of carboxylic acids is 1. The van der Waals surface area contributed by atoms with Gasteiger partial charge in [0, 0.05) is 11.8 Å². The molecule has 3 heterocycles. The molecule has 0 saturated carbocycles. The minimum atomic E-state index is -1.00. The molecule has 2 aromatic heterocycles. The Bertz CT molecular complexity index is 1340. The number of nitrogens with one attached hydrogen (secondary N) is 1. The van der Waals surface area contributed by atoms with Gasteiger partial charge in [-0.05, 0) is 60.7 Å². The Morgan fingerprint density at radius 2 is 1.85 bits per heavy atom. The molecule has 3 N–H and O–H groups in total. The van der Waals surface area contributed by atoms with Crippen molar-refractivity contribution in [1.82, 2.24) is 10.3 Å². The van der Waals surface area contributed by atoms with Crippen molar-refractivity contribution in [3.63, 3.8) is 0 Å². The van der Waals surface area contributed by atoms with E-state index in [0.29, 0.717) is 27.9 Å². The van der Waals surface area contributed by atoms with Gasteiger partial charge in [-0.15, -0.1) is 0 Å². The number of rotatable bonds is 5. The lowest BCUT2D eigenvalue weighted by molar-refractivity contribution is 0.0697. The third kappa shape index (κ3) is 3.81. The number of furan rings is 1. The monoisotopic (exact) mass is 457 g/mol. The van der Waals surface area contributed by atoms with E-state index < -0.39 is 12.0 Å². The Morgan fingerprint density at radius 3 is 2.61 bits per heavy atom. The van der Waals surface area contributed by atoms with Crippen molar-refractivity contribution in [2.45, 2.75) is 12.1 Å². The van der Waals surface area contributed by atoms with Crippen molar-refractivity contribution in [2.75, 3.05) is 4.90 Å². The highest BCUT2D eigenvalue weighted by atomic mass is 32.1. The quantitative estimate of drug-likeness (QED) is 0.363. The van der Waals surface area contributed by atoms with Gasteiger partial charge < -0.3 is 24.8 Å². The number of aromatic nitrogens is 1. The average molecular weight is 458 g/mol. The largest absolute Gasteiger partial charge is 0.506 e. The first-order valence-electron chi connectivity index (χ1n) is 10.2. The van der Waals surface area contributed by atoms with Crippen LogP contribution in [-0.2, 0) is 0 Å². The average Bonchev–Trinajstić information content (AvgIpc) is 3.45. The fourth-order valence-electron chi connectivity index (χ4n) is 4.04. The summed E-state index contributed by atoms with van der Waals surface area (Å²) in [5.74, 6) is 0.212. The summed E-state index contributed by atoms with van der Waals surface area (Å²) in [6, 6.07) is 22.1. The van der Waals surface area contributed by atoms with E-state index in [1.165, 1.54) is 6.07 Å². The van der Waals surface area contributed by atoms with Gasteiger partial charge in [-0.3, -0.25) is 4.98 Å². The van der Waals surface area contributed by atoms with Crippen LogP contribution in [0.15, 0.2) is 89.5 Å². The van der Waals surface area contributed by atoms with Crippen molar-refractivity contribution in [3.05, 3.63) is 102 Å². The predicted octanol–water partition coefficient (Wildman–Crippen LogP) is 4.92. The topological polar surface area (TPSA) is 98.8 Å². The lowest BCUT2D eigenvalue weighted by atomic mass is 10.0. The number of hydrogen-bond acceptors (Lipinski definition) is 5. The van der Waals surface area contributed by atoms with E-state index >= 15 is 0 Å². The number of benzene rings is 2. The second-order valence-electron chi connectivity index (χ2n) is 7.57. The lowest BCUT2D eigenvalue weighted by Crippen LogP contribution is -2.29. The van der Waals surface area contributed by atoms with Crippen LogP contribution in [0.5, 0.6) is 5.75 Å². The van der Waals surface area contributed by atoms with Gasteiger partial charge >= 0.3 is 5.97 Å². The Labute approximate surface area is 194 Å². The predicted molar refractivity (Wildman–Crippen MR) is 127 cm³/mol. The molecule has 0 spiro atoms. The molecule has 1 aliphatic heterocycles. The standard InChI is InChI=1S/C25H19N3O4S/c29-19-10-2-1-9-18(19)28-23(22(27-25(28)33)17-8-3-4-13-26-17)21-12-11-20(32-21)15-6-5-7-16(14-15)24(30)31/h1-14,22-23,29H,(H,27,33)(H,30,31)/t22-,23-/m0/s1. The number of aromatic hydroxyl groups is 1. The van der Waals surface area contributed by atoms with E-state index in [2.05, 4.69) is 10.3 Å². The van der Waals surface area contributed by atoms with Gasteiger partial charge in [0.05, 0.1) is 23.0 Å². The maximum Gasteiger partial charge on any atom is 0.335 e. The summed E-state index contributed by atoms with van der Waals surface area (Å²) in [5, 5.41) is 23.6. The molecule has 0 amide bonds. The van der Waals surface area contributed by atoms with Crippen LogP contribution in [0.3, 0.4) is 0 Å². The Kier molecular flexibility index (Phi) is 5.27. The summed E-state index contributed by atoms with van der Waals surface area (Å²) >= 11 is 5.65. The molecule has 0 aliphatic carbocycles. The molecule has 164 valence electrons. The number of hydrogen-bond donors (Lipinski definition) is 3. The van der Waals surface area contributed by atoms with E-state index in [-0.39, 0.29) is 17.4 Å². The number of nitrogens with zero attached hydrogens (tertiary/aromatic N) is 2. The SMILES string of the molecule is O=C(O)c1cccc(-c2ccc([C@H]3[C@H](c4ccccn4)NC(=S)N3c3ccccc3O)o2)c1. The smallest absolute Gasteiger partial charge is 0.335 e. The van der Waals surface area contributed by atoms with Crippen LogP contribution in [0.2, 0.25) is 0 Å². The van der Waals surface area contributed by atoms with E-state index in [4.69, 9.17) is 16.6 Å². The van der Waals surface area contributed by atoms with Gasteiger partial charge in [0.25, 0.3) is 0 Å². The van der Waals surface area contributed by atoms with Crippen molar-refractivity contribution < 1.29 is 19.4 Å². The minimum Gasteiger partial charge on any atom is -0.506 e. The summed E-state index contributed by atoms with van der Waals surface area (Å²) in [6.07, 6.45) is 1.71. The van der Waals surface area contributed by atoms with Gasteiger partial charge in [0.15, 0.2) is 5.11 Å². The highest BCUT2D eigenvalue weighted by Gasteiger charge is 2.43. The van der Waals surface area contributed by atoms with Gasteiger partial charge in [-0.1, -0.05) is 30.3 Å². The van der Waals surface area contributed by atoms with Crippen LogP contribution in [0.4, 0.5) is 5.69 Å². The van der Waals surface area contributed by atoms with Crippen molar-refractivity contribution in [1.29, 1.82) is 0 Å². The van der Waals surface area contributed by atoms with Gasteiger partial charge in [0.1, 0.15) is 23.3 Å². The molecule has 0 bridgehead atoms. The van der Waals surface area contributed by atoms with E-state index in [0.717, 1.165) is 5.69 Å². The fraction of sp³-hybridized carbons (Fsp3) is 0.0800. The van der Waals surface area contributed by atoms with Crippen LogP contribution in [-0.4, -0.2) is 26.3 Å². The molecule has 4 aromatic rings. The van der Waals surface area contributed by atoms with Crippen LogP contribution in [0, 0.1) is 0 Å². The third-order valence-corrected chi connectivity index (χ3v) is 5.87. The third-order valence-electron chi connectivity index (χ3n) is 5.55. The number of phenolic OH excluding ortho intramolecular Hbond substituents is 1. The summed E-state index contributed by atoms with van der Waals surface area (Å²) in [7, 11) is 0. The van der Waals surface area contributed by atoms with Gasteiger partial charge in [-0.2, -0.15) is 0 Å². The molecular weight excluding hydrogens is 438 g/mol. The molecule has 2 aromatic carbocycles. The Hall–Kier alpha value is -4.17. The van der Waals surface area contributed by atoms with Crippen LogP contribution >= 0.6 is 12.2 Å². The number of thiocarbonyl (C=S) groups is 1. The number of carboxylic acid groups (broad SMARTS) is 1. The Morgan fingerprint density at radius 1 is 1.03 bits per heavy atom. The Balaban J connectivity index is 1.60. The summed E-state index contributed by atoms with van der Waals surface area (Å²) in [4.78, 5) is 17.7. The molecule has 2 atom stereocenters. The van der Waals surface area contributed by atoms with Gasteiger partial charge in [0.2, 0.25) is 0 Å². The highest BCUT2D eigenvalue weighted by Crippen LogP contribution is 2.45. The minimum absolute atomic E-state index is 0.0919. The van der Waals surface area contributed by atoms with E-state index in [1.54, 1.807) is 48.7 Å². The summed E-state index contributed by atoms with van der Waals surface area (Å²) < 4.78 is 6.24. The number of para-hydroxylation sites is 2. The first-order chi connectivity index (χ1) is 16.0. The highest BCUT2D eigenvalue weighted by molar-refractivity contribution is 7.80. The van der Waals surface area contributed by atoms with Crippen LogP contribution in [0.25, 0.3) is 11.3 Å². The second-order valence-corrected chi connectivity index (χ2v) is 7.96. The molecule has 1 saturated heterocycles. The molecule has 1 fully saturated rings. The summed E-state index contributed by atoms with van der Waals surface area (Å²) in [6.45, 7) is 0. The zero-order valence-corrected chi connectivity index (χ0v) is 18.1. The molecule has 5 rings (SSSR count). The zero-order chi connectivity index (χ0) is 22.9. The van der Waals surface area contributed by atoms with Crippen LogP contribution in [0.1, 0.15) is 33.9 Å². The molecule has 7 nitrogen and oxygen atoms in total. The number of phenols is 1. The van der Waals surface area contributed by atoms with Crippen molar-refractivity contribution in [2.24, 2.45) is 0 Å². The van der Waals surface area contributed by atoms with Gasteiger partial charge in [-0.25, -0.2) is 4.79 Å². The van der Waals surface area contributed by atoms with E-state index in [1.807, 2.05) is 35.2 Å². The molecule has 0 radical (unpaired) electrons. The lowest BCUT2D eigenvalue weighted by Gasteiger charge is -2.26. The molecule has 1 aliphatic rings. The maximum atomic E-state index is 11.4. The summed E-state index contributed by atoms with van der Waals surface area (Å²) in [5.41, 5.74) is 2.15.